The fraction of sp³-hybridized carbons (Fsp3) is 0.375. The lowest BCUT2D eigenvalue weighted by molar-refractivity contribution is -0.132. The Labute approximate surface area is 125 Å². The summed E-state index contributed by atoms with van der Waals surface area (Å²) in [6, 6.07) is 7.80. The van der Waals surface area contributed by atoms with Crippen molar-refractivity contribution in [3.63, 3.8) is 0 Å². The molecule has 0 aliphatic carbocycles. The monoisotopic (exact) mass is 287 g/mol. The molecule has 0 aliphatic heterocycles. The predicted molar refractivity (Wildman–Crippen MR) is 81.0 cm³/mol. The van der Waals surface area contributed by atoms with Crippen molar-refractivity contribution in [3.05, 3.63) is 47.8 Å². The van der Waals surface area contributed by atoms with E-state index in [2.05, 4.69) is 12.0 Å². The number of carbonyl (C=O) groups is 1. The fourth-order valence-electron chi connectivity index (χ4n) is 2.10. The summed E-state index contributed by atoms with van der Waals surface area (Å²) in [5.74, 6) is 0.730. The average Bonchev–Trinajstić information content (AvgIpc) is 2.90. The Morgan fingerprint density at radius 3 is 2.81 bits per heavy atom. The second-order valence-electron chi connectivity index (χ2n) is 5.02. The number of hydrogen-bond donors (Lipinski definition) is 0. The lowest BCUT2D eigenvalue weighted by Crippen LogP contribution is -2.31. The van der Waals surface area contributed by atoms with Crippen LogP contribution in [0.25, 0.3) is 0 Å². The number of aromatic nitrogens is 2. The molecule has 0 bridgehead atoms. The van der Waals surface area contributed by atoms with Gasteiger partial charge in [-0.3, -0.25) is 9.48 Å². The number of rotatable bonds is 6. The summed E-state index contributed by atoms with van der Waals surface area (Å²) in [5, 5.41) is 4.09. The molecule has 0 aliphatic rings. The molecule has 5 nitrogen and oxygen atoms in total. The van der Waals surface area contributed by atoms with Crippen LogP contribution in [-0.4, -0.2) is 34.2 Å². The minimum atomic E-state index is -0.0511. The number of carbonyl (C=O) groups excluding carboxylic acids is 1. The molecule has 0 saturated heterocycles. The zero-order valence-corrected chi connectivity index (χ0v) is 12.7. The first-order valence-corrected chi connectivity index (χ1v) is 7.02. The van der Waals surface area contributed by atoms with E-state index < -0.39 is 0 Å². The largest absolute Gasteiger partial charge is 0.483 e. The third kappa shape index (κ3) is 4.08. The smallest absolute Gasteiger partial charge is 0.260 e. The van der Waals surface area contributed by atoms with Gasteiger partial charge in [0.15, 0.2) is 6.61 Å². The molecule has 2 aromatic rings. The molecule has 5 heteroatoms. The van der Waals surface area contributed by atoms with Crippen LogP contribution in [0.3, 0.4) is 0 Å². The Kier molecular flexibility index (Phi) is 4.98. The van der Waals surface area contributed by atoms with Crippen LogP contribution in [0.5, 0.6) is 5.75 Å². The number of amides is 1. The van der Waals surface area contributed by atoms with Gasteiger partial charge < -0.3 is 9.64 Å². The number of para-hydroxylation sites is 1. The van der Waals surface area contributed by atoms with Gasteiger partial charge in [-0.05, 0) is 18.1 Å². The summed E-state index contributed by atoms with van der Waals surface area (Å²) >= 11 is 0. The Morgan fingerprint density at radius 2 is 2.14 bits per heavy atom. The third-order valence-corrected chi connectivity index (χ3v) is 3.31. The number of benzene rings is 1. The van der Waals surface area contributed by atoms with Gasteiger partial charge in [0, 0.05) is 32.4 Å². The van der Waals surface area contributed by atoms with E-state index in [0.717, 1.165) is 23.3 Å². The van der Waals surface area contributed by atoms with E-state index in [9.17, 15) is 4.79 Å². The number of hydrogen-bond acceptors (Lipinski definition) is 3. The van der Waals surface area contributed by atoms with Crippen LogP contribution < -0.4 is 4.74 Å². The van der Waals surface area contributed by atoms with Crippen LogP contribution in [0.4, 0.5) is 0 Å². The van der Waals surface area contributed by atoms with Crippen LogP contribution in [-0.2, 0) is 24.8 Å². The summed E-state index contributed by atoms with van der Waals surface area (Å²) in [4.78, 5) is 13.7. The highest BCUT2D eigenvalue weighted by Crippen LogP contribution is 2.18. The molecule has 0 radical (unpaired) electrons. The number of likely N-dealkylation sites (N-methyl/N-ethyl adjacent to an activating group) is 1. The van der Waals surface area contributed by atoms with Crippen molar-refractivity contribution in [3.8, 4) is 5.75 Å². The molecule has 1 aromatic heterocycles. The maximum Gasteiger partial charge on any atom is 0.260 e. The standard InChI is InChI=1S/C16H21N3O2/c1-4-14-7-5-6-8-15(14)21-12-16(20)18(2)10-13-9-17-19(3)11-13/h5-9,11H,4,10,12H2,1-3H3. The molecule has 2 rings (SSSR count). The molecule has 0 N–H and O–H groups in total. The molecule has 112 valence electrons. The van der Waals surface area contributed by atoms with Gasteiger partial charge in [0.05, 0.1) is 6.20 Å². The van der Waals surface area contributed by atoms with E-state index in [0.29, 0.717) is 6.54 Å². The van der Waals surface area contributed by atoms with Crippen LogP contribution in [0.15, 0.2) is 36.7 Å². The van der Waals surface area contributed by atoms with Crippen LogP contribution in [0.1, 0.15) is 18.1 Å². The first-order valence-electron chi connectivity index (χ1n) is 7.02. The summed E-state index contributed by atoms with van der Waals surface area (Å²) in [7, 11) is 3.63. The molecule has 0 spiro atoms. The highest BCUT2D eigenvalue weighted by atomic mass is 16.5. The van der Waals surface area contributed by atoms with Gasteiger partial charge >= 0.3 is 0 Å². The minimum absolute atomic E-state index is 0.0494. The van der Waals surface area contributed by atoms with Crippen molar-refractivity contribution in [2.75, 3.05) is 13.7 Å². The van der Waals surface area contributed by atoms with Crippen molar-refractivity contribution in [2.45, 2.75) is 19.9 Å². The first kappa shape index (κ1) is 15.1. The normalized spacial score (nSPS) is 10.4. The van der Waals surface area contributed by atoms with Crippen molar-refractivity contribution in [2.24, 2.45) is 7.05 Å². The number of nitrogens with zero attached hydrogens (tertiary/aromatic N) is 3. The van der Waals surface area contributed by atoms with Gasteiger partial charge in [-0.1, -0.05) is 25.1 Å². The quantitative estimate of drug-likeness (QED) is 0.816. The second-order valence-corrected chi connectivity index (χ2v) is 5.02. The van der Waals surface area contributed by atoms with Crippen LogP contribution in [0, 0.1) is 0 Å². The lowest BCUT2D eigenvalue weighted by atomic mass is 10.1. The van der Waals surface area contributed by atoms with E-state index in [-0.39, 0.29) is 12.5 Å². The van der Waals surface area contributed by atoms with Crippen molar-refractivity contribution in [1.82, 2.24) is 14.7 Å². The topological polar surface area (TPSA) is 47.4 Å². The Balaban J connectivity index is 1.89. The number of aryl methyl sites for hydroxylation is 2. The summed E-state index contributed by atoms with van der Waals surface area (Å²) in [5.41, 5.74) is 2.11. The second kappa shape index (κ2) is 6.92. The highest BCUT2D eigenvalue weighted by Gasteiger charge is 2.12. The molecule has 0 fully saturated rings. The van der Waals surface area contributed by atoms with E-state index in [4.69, 9.17) is 4.74 Å². The average molecular weight is 287 g/mol. The lowest BCUT2D eigenvalue weighted by Gasteiger charge is -2.17. The SMILES string of the molecule is CCc1ccccc1OCC(=O)N(C)Cc1cnn(C)c1. The van der Waals surface area contributed by atoms with E-state index in [1.54, 1.807) is 22.8 Å². The molecular formula is C16H21N3O2. The molecule has 1 aromatic carbocycles. The summed E-state index contributed by atoms with van der Waals surface area (Å²) < 4.78 is 7.37. The molecule has 1 amide bonds. The first-order chi connectivity index (χ1) is 10.1. The Morgan fingerprint density at radius 1 is 1.38 bits per heavy atom. The Hall–Kier alpha value is -2.30. The van der Waals surface area contributed by atoms with Gasteiger partial charge in [0.1, 0.15) is 5.75 Å². The van der Waals surface area contributed by atoms with Gasteiger partial charge in [-0.25, -0.2) is 0 Å². The van der Waals surface area contributed by atoms with E-state index in [1.165, 1.54) is 0 Å². The molecule has 1 heterocycles. The summed E-state index contributed by atoms with van der Waals surface area (Å²) in [6.45, 7) is 2.65. The molecule has 0 atom stereocenters. The molecule has 21 heavy (non-hydrogen) atoms. The van der Waals surface area contributed by atoms with Crippen LogP contribution >= 0.6 is 0 Å². The van der Waals surface area contributed by atoms with Crippen molar-refractivity contribution >= 4 is 5.91 Å². The van der Waals surface area contributed by atoms with Crippen molar-refractivity contribution in [1.29, 1.82) is 0 Å². The van der Waals surface area contributed by atoms with Crippen molar-refractivity contribution < 1.29 is 9.53 Å². The third-order valence-electron chi connectivity index (χ3n) is 3.31. The highest BCUT2D eigenvalue weighted by molar-refractivity contribution is 5.77. The van der Waals surface area contributed by atoms with Gasteiger partial charge in [-0.15, -0.1) is 0 Å². The number of ether oxygens (including phenoxy) is 1. The summed E-state index contributed by atoms with van der Waals surface area (Å²) in [6.07, 6.45) is 4.55. The maximum absolute atomic E-state index is 12.1. The molecule has 0 unspecified atom stereocenters. The molecule has 0 saturated carbocycles. The maximum atomic E-state index is 12.1. The zero-order valence-electron chi connectivity index (χ0n) is 12.7. The van der Waals surface area contributed by atoms with E-state index >= 15 is 0 Å². The Bertz CT molecular complexity index is 607. The predicted octanol–water partition coefficient (Wildman–Crippen LogP) is 2.02. The fourth-order valence-corrected chi connectivity index (χ4v) is 2.10. The minimum Gasteiger partial charge on any atom is -0.483 e. The molecular weight excluding hydrogens is 266 g/mol. The van der Waals surface area contributed by atoms with Crippen LogP contribution in [0.2, 0.25) is 0 Å². The van der Waals surface area contributed by atoms with Gasteiger partial charge in [0.25, 0.3) is 5.91 Å². The van der Waals surface area contributed by atoms with Gasteiger partial charge in [-0.2, -0.15) is 5.10 Å². The zero-order chi connectivity index (χ0) is 15.2. The van der Waals surface area contributed by atoms with E-state index in [1.807, 2.05) is 37.5 Å². The van der Waals surface area contributed by atoms with Gasteiger partial charge in [0.2, 0.25) is 0 Å².